The number of aromatic nitrogens is 2. The number of benzene rings is 1. The van der Waals surface area contributed by atoms with Gasteiger partial charge in [-0.3, -0.25) is 19.1 Å². The molecule has 3 amide bonds. The van der Waals surface area contributed by atoms with E-state index < -0.39 is 0 Å². The standard InChI is InChI=1S/C28H37N5O3/c1-28(2,3)20-9-7-18(8-10-20)26(35)33-15-13-23-22(17-33)24(30-31(23)4)27(36)32-14-5-6-19(16-32)25(34)29-21-11-12-21/h7-10,19,21H,5-6,11-17H2,1-4H3,(H,29,34)/t19-/m1/s1. The summed E-state index contributed by atoms with van der Waals surface area (Å²) in [6, 6.07) is 8.16. The number of hydrogen-bond donors (Lipinski definition) is 1. The fourth-order valence-electron chi connectivity index (χ4n) is 5.30. The Labute approximate surface area is 213 Å². The SMILES string of the molecule is Cn1nc(C(=O)N2CCC[C@@H](C(=O)NC3CC3)C2)c2c1CCN(C(=O)c1ccc(C(C)(C)C)cc1)C2. The first-order valence-electron chi connectivity index (χ1n) is 13.2. The molecule has 36 heavy (non-hydrogen) atoms. The third kappa shape index (κ3) is 4.90. The summed E-state index contributed by atoms with van der Waals surface area (Å²) in [5.74, 6) is -0.276. The smallest absolute Gasteiger partial charge is 0.274 e. The van der Waals surface area contributed by atoms with E-state index in [1.165, 1.54) is 5.56 Å². The van der Waals surface area contributed by atoms with Crippen LogP contribution in [0, 0.1) is 5.92 Å². The number of amides is 3. The highest BCUT2D eigenvalue weighted by atomic mass is 16.2. The van der Waals surface area contributed by atoms with E-state index in [1.54, 1.807) is 9.58 Å². The molecule has 5 rings (SSSR count). The summed E-state index contributed by atoms with van der Waals surface area (Å²) >= 11 is 0. The van der Waals surface area contributed by atoms with Crippen molar-refractivity contribution in [2.24, 2.45) is 13.0 Å². The van der Waals surface area contributed by atoms with E-state index in [0.717, 1.165) is 36.9 Å². The number of carbonyl (C=O) groups is 3. The zero-order valence-electron chi connectivity index (χ0n) is 21.8. The molecule has 2 aromatic rings. The van der Waals surface area contributed by atoms with Crippen molar-refractivity contribution < 1.29 is 14.4 Å². The molecule has 0 spiro atoms. The largest absolute Gasteiger partial charge is 0.353 e. The number of nitrogens with zero attached hydrogens (tertiary/aromatic N) is 4. The molecule has 1 aromatic carbocycles. The number of nitrogens with one attached hydrogen (secondary N) is 1. The Balaban J connectivity index is 1.31. The van der Waals surface area contributed by atoms with Gasteiger partial charge in [0.05, 0.1) is 12.5 Å². The van der Waals surface area contributed by atoms with Crippen LogP contribution in [0.3, 0.4) is 0 Å². The topological polar surface area (TPSA) is 87.5 Å². The van der Waals surface area contributed by atoms with Crippen LogP contribution in [0.25, 0.3) is 0 Å². The van der Waals surface area contributed by atoms with Gasteiger partial charge in [-0.2, -0.15) is 5.10 Å². The number of fused-ring (bicyclic) bond motifs is 1. The molecule has 2 fully saturated rings. The lowest BCUT2D eigenvalue weighted by molar-refractivity contribution is -0.126. The van der Waals surface area contributed by atoms with Crippen LogP contribution in [-0.2, 0) is 30.2 Å². The molecule has 1 aromatic heterocycles. The molecule has 2 aliphatic heterocycles. The van der Waals surface area contributed by atoms with Gasteiger partial charge in [-0.05, 0) is 48.8 Å². The van der Waals surface area contributed by atoms with Gasteiger partial charge in [-0.15, -0.1) is 0 Å². The van der Waals surface area contributed by atoms with E-state index in [1.807, 2.05) is 36.2 Å². The molecular formula is C28H37N5O3. The molecule has 1 saturated heterocycles. The maximum absolute atomic E-state index is 13.6. The average molecular weight is 492 g/mol. The van der Waals surface area contributed by atoms with Gasteiger partial charge in [0.1, 0.15) is 0 Å². The van der Waals surface area contributed by atoms with E-state index >= 15 is 0 Å². The van der Waals surface area contributed by atoms with Crippen LogP contribution in [0.2, 0.25) is 0 Å². The van der Waals surface area contributed by atoms with Gasteiger partial charge in [-0.25, -0.2) is 0 Å². The highest BCUT2D eigenvalue weighted by molar-refractivity contribution is 5.96. The van der Waals surface area contributed by atoms with Gasteiger partial charge >= 0.3 is 0 Å². The molecular weight excluding hydrogens is 454 g/mol. The van der Waals surface area contributed by atoms with E-state index in [2.05, 4.69) is 31.2 Å². The van der Waals surface area contributed by atoms with Crippen LogP contribution in [-0.4, -0.2) is 63.0 Å². The lowest BCUT2D eigenvalue weighted by Crippen LogP contribution is -2.46. The zero-order valence-corrected chi connectivity index (χ0v) is 21.8. The van der Waals surface area contributed by atoms with E-state index in [4.69, 9.17) is 0 Å². The summed E-state index contributed by atoms with van der Waals surface area (Å²) in [5, 5.41) is 7.67. The van der Waals surface area contributed by atoms with Crippen molar-refractivity contribution in [1.82, 2.24) is 24.9 Å². The number of aryl methyl sites for hydroxylation is 1. The lowest BCUT2D eigenvalue weighted by atomic mass is 9.86. The van der Waals surface area contributed by atoms with Gasteiger partial charge in [0.15, 0.2) is 5.69 Å². The predicted octanol–water partition coefficient (Wildman–Crippen LogP) is 3.05. The summed E-state index contributed by atoms with van der Waals surface area (Å²) in [7, 11) is 1.86. The quantitative estimate of drug-likeness (QED) is 0.712. The molecule has 1 saturated carbocycles. The molecule has 1 aliphatic carbocycles. The number of likely N-dealkylation sites (tertiary alicyclic amines) is 1. The normalized spacial score (nSPS) is 20.2. The monoisotopic (exact) mass is 491 g/mol. The van der Waals surface area contributed by atoms with Crippen LogP contribution < -0.4 is 5.32 Å². The van der Waals surface area contributed by atoms with Crippen LogP contribution in [0.1, 0.15) is 84.1 Å². The van der Waals surface area contributed by atoms with Crippen molar-refractivity contribution in [3.63, 3.8) is 0 Å². The van der Waals surface area contributed by atoms with Gasteiger partial charge in [0.25, 0.3) is 11.8 Å². The van der Waals surface area contributed by atoms with Crippen LogP contribution in [0.15, 0.2) is 24.3 Å². The van der Waals surface area contributed by atoms with Gasteiger partial charge in [0.2, 0.25) is 5.91 Å². The molecule has 3 heterocycles. The zero-order chi connectivity index (χ0) is 25.6. The second kappa shape index (κ2) is 9.37. The summed E-state index contributed by atoms with van der Waals surface area (Å²) in [6.07, 6.45) is 4.37. The Morgan fingerprint density at radius 1 is 0.972 bits per heavy atom. The van der Waals surface area contributed by atoms with Crippen LogP contribution in [0.4, 0.5) is 0 Å². The van der Waals surface area contributed by atoms with Crippen molar-refractivity contribution in [3.8, 4) is 0 Å². The number of hydrogen-bond acceptors (Lipinski definition) is 4. The Bertz CT molecular complexity index is 1170. The Kier molecular flexibility index (Phi) is 6.39. The first kappa shape index (κ1) is 24.5. The average Bonchev–Trinajstić information content (AvgIpc) is 3.63. The Morgan fingerprint density at radius 2 is 1.69 bits per heavy atom. The van der Waals surface area contributed by atoms with Gasteiger partial charge < -0.3 is 15.1 Å². The maximum atomic E-state index is 13.6. The number of piperidine rings is 1. The second-order valence-electron chi connectivity index (χ2n) is 11.6. The molecule has 8 nitrogen and oxygen atoms in total. The van der Waals surface area contributed by atoms with Crippen molar-refractivity contribution in [2.75, 3.05) is 19.6 Å². The van der Waals surface area contributed by atoms with Crippen LogP contribution >= 0.6 is 0 Å². The molecule has 8 heteroatoms. The highest BCUT2D eigenvalue weighted by Crippen LogP contribution is 2.28. The number of carbonyl (C=O) groups excluding carboxylic acids is 3. The Morgan fingerprint density at radius 3 is 2.36 bits per heavy atom. The van der Waals surface area contributed by atoms with Crippen molar-refractivity contribution in [3.05, 3.63) is 52.3 Å². The fourth-order valence-corrected chi connectivity index (χ4v) is 5.30. The third-order valence-electron chi connectivity index (χ3n) is 7.73. The van der Waals surface area contributed by atoms with Gasteiger partial charge in [-0.1, -0.05) is 32.9 Å². The summed E-state index contributed by atoms with van der Waals surface area (Å²) in [5.41, 5.74) is 4.12. The molecule has 192 valence electrons. The summed E-state index contributed by atoms with van der Waals surface area (Å²) < 4.78 is 1.78. The Hall–Kier alpha value is -3.16. The first-order valence-corrected chi connectivity index (χ1v) is 13.2. The highest BCUT2D eigenvalue weighted by Gasteiger charge is 2.35. The summed E-state index contributed by atoms with van der Waals surface area (Å²) in [6.45, 7) is 8.46. The molecule has 0 unspecified atom stereocenters. The molecule has 0 bridgehead atoms. The van der Waals surface area contributed by atoms with Crippen molar-refractivity contribution >= 4 is 17.7 Å². The van der Waals surface area contributed by atoms with Crippen molar-refractivity contribution in [1.29, 1.82) is 0 Å². The predicted molar refractivity (Wildman–Crippen MR) is 137 cm³/mol. The van der Waals surface area contributed by atoms with E-state index in [-0.39, 0.29) is 29.1 Å². The minimum absolute atomic E-state index is 0.0264. The second-order valence-corrected chi connectivity index (χ2v) is 11.6. The minimum atomic E-state index is -0.169. The van der Waals surface area contributed by atoms with Crippen molar-refractivity contribution in [2.45, 2.75) is 70.9 Å². The molecule has 1 N–H and O–H groups in total. The summed E-state index contributed by atoms with van der Waals surface area (Å²) in [4.78, 5) is 43.1. The maximum Gasteiger partial charge on any atom is 0.274 e. The van der Waals surface area contributed by atoms with E-state index in [0.29, 0.717) is 49.9 Å². The molecule has 3 aliphatic rings. The van der Waals surface area contributed by atoms with Gasteiger partial charge in [0, 0.05) is 56.0 Å². The molecule has 1 atom stereocenters. The number of rotatable bonds is 4. The van der Waals surface area contributed by atoms with Crippen LogP contribution in [0.5, 0.6) is 0 Å². The lowest BCUT2D eigenvalue weighted by Gasteiger charge is -2.32. The fraction of sp³-hybridized carbons (Fsp3) is 0.571. The van der Waals surface area contributed by atoms with E-state index in [9.17, 15) is 14.4 Å². The first-order chi connectivity index (χ1) is 17.1. The molecule has 0 radical (unpaired) electrons. The minimum Gasteiger partial charge on any atom is -0.353 e. The third-order valence-corrected chi connectivity index (χ3v) is 7.73.